The molecular weight excluding hydrogens is 194 g/mol. The zero-order valence-electron chi connectivity index (χ0n) is 10.4. The minimum atomic E-state index is 0.693. The van der Waals surface area contributed by atoms with Gasteiger partial charge in [-0.3, -0.25) is 4.99 Å². The molecule has 1 fully saturated rings. The van der Waals surface area contributed by atoms with Crippen LogP contribution in [0.3, 0.4) is 0 Å². The summed E-state index contributed by atoms with van der Waals surface area (Å²) in [4.78, 5) is 4.79. The average molecular weight is 217 g/mol. The highest BCUT2D eigenvalue weighted by atomic mass is 14.7. The van der Waals surface area contributed by atoms with Crippen molar-refractivity contribution in [2.24, 2.45) is 16.8 Å². The van der Waals surface area contributed by atoms with E-state index in [0.717, 1.165) is 18.9 Å². The van der Waals surface area contributed by atoms with Gasteiger partial charge in [0.05, 0.1) is 0 Å². The van der Waals surface area contributed by atoms with Crippen LogP contribution < -0.4 is 0 Å². The summed E-state index contributed by atoms with van der Waals surface area (Å²) in [6.07, 6.45) is 12.1. The molecule has 16 heavy (non-hydrogen) atoms. The Morgan fingerprint density at radius 3 is 2.88 bits per heavy atom. The highest BCUT2D eigenvalue weighted by molar-refractivity contribution is 5.87. The van der Waals surface area contributed by atoms with Crippen molar-refractivity contribution in [3.63, 3.8) is 0 Å². The van der Waals surface area contributed by atoms with Crippen LogP contribution in [-0.2, 0) is 0 Å². The van der Waals surface area contributed by atoms with Crippen molar-refractivity contribution in [1.29, 1.82) is 0 Å². The molecule has 0 aliphatic heterocycles. The van der Waals surface area contributed by atoms with E-state index in [-0.39, 0.29) is 0 Å². The van der Waals surface area contributed by atoms with Crippen LogP contribution in [0.4, 0.5) is 0 Å². The van der Waals surface area contributed by atoms with Crippen LogP contribution in [0, 0.1) is 11.8 Å². The first-order valence-corrected chi connectivity index (χ1v) is 6.61. The summed E-state index contributed by atoms with van der Waals surface area (Å²) >= 11 is 0. The van der Waals surface area contributed by atoms with Gasteiger partial charge in [-0.05, 0) is 43.9 Å². The van der Waals surface area contributed by atoms with Gasteiger partial charge in [-0.1, -0.05) is 31.2 Å². The third-order valence-corrected chi connectivity index (χ3v) is 3.70. The summed E-state index contributed by atoms with van der Waals surface area (Å²) in [5.41, 5.74) is 2.76. The predicted octanol–water partition coefficient (Wildman–Crippen LogP) is 4.16. The zero-order valence-corrected chi connectivity index (χ0v) is 10.4. The van der Waals surface area contributed by atoms with Gasteiger partial charge in [0.2, 0.25) is 0 Å². The van der Waals surface area contributed by atoms with Crippen LogP contribution in [0.25, 0.3) is 0 Å². The van der Waals surface area contributed by atoms with Crippen LogP contribution in [-0.4, -0.2) is 12.3 Å². The third kappa shape index (κ3) is 3.33. The van der Waals surface area contributed by atoms with Gasteiger partial charge in [0.1, 0.15) is 0 Å². The molecule has 0 saturated heterocycles. The van der Waals surface area contributed by atoms with E-state index in [9.17, 15) is 0 Å². The molecule has 2 aliphatic rings. The number of hydrogen-bond donors (Lipinski definition) is 0. The fourth-order valence-corrected chi connectivity index (χ4v) is 2.56. The van der Waals surface area contributed by atoms with Gasteiger partial charge in [-0.2, -0.15) is 0 Å². The Hall–Kier alpha value is -0.850. The third-order valence-electron chi connectivity index (χ3n) is 3.70. The number of hydrogen-bond acceptors (Lipinski definition) is 1. The van der Waals surface area contributed by atoms with Crippen molar-refractivity contribution in [2.75, 3.05) is 6.54 Å². The average Bonchev–Trinajstić information content (AvgIpc) is 2.28. The molecule has 0 spiro atoms. The van der Waals surface area contributed by atoms with Crippen LogP contribution in [0.5, 0.6) is 0 Å². The zero-order chi connectivity index (χ0) is 11.4. The van der Waals surface area contributed by atoms with Crippen LogP contribution >= 0.6 is 0 Å². The fourth-order valence-electron chi connectivity index (χ4n) is 2.56. The van der Waals surface area contributed by atoms with E-state index >= 15 is 0 Å². The Balaban J connectivity index is 1.84. The molecule has 2 atom stereocenters. The van der Waals surface area contributed by atoms with Gasteiger partial charge in [0, 0.05) is 18.7 Å². The lowest BCUT2D eigenvalue weighted by Gasteiger charge is -2.20. The van der Waals surface area contributed by atoms with E-state index in [1.807, 2.05) is 0 Å². The summed E-state index contributed by atoms with van der Waals surface area (Å²) in [5.74, 6) is 1.47. The standard InChI is InChI=1S/C15H23N/c1-12-6-8-14(9-7-12)11-16-15-5-3-4-13(2)10-15/h6,8,12,14H,2-5,7,9-11H2,1H3. The number of rotatable bonds is 2. The molecule has 2 rings (SSSR count). The number of nitrogens with zero attached hydrogens (tertiary/aromatic N) is 1. The lowest BCUT2D eigenvalue weighted by Crippen LogP contribution is -2.12. The summed E-state index contributed by atoms with van der Waals surface area (Å²) in [6.45, 7) is 7.38. The molecule has 1 heteroatoms. The summed E-state index contributed by atoms with van der Waals surface area (Å²) < 4.78 is 0. The summed E-state index contributed by atoms with van der Waals surface area (Å²) in [6, 6.07) is 0. The van der Waals surface area contributed by atoms with Crippen LogP contribution in [0.2, 0.25) is 0 Å². The molecule has 88 valence electrons. The molecule has 2 unspecified atom stereocenters. The second-order valence-corrected chi connectivity index (χ2v) is 5.39. The van der Waals surface area contributed by atoms with E-state index in [2.05, 4.69) is 25.7 Å². The topological polar surface area (TPSA) is 12.4 Å². The molecular formula is C15H23N. The molecule has 1 nitrogen and oxygen atoms in total. The lowest BCUT2D eigenvalue weighted by molar-refractivity contribution is 0.483. The Bertz CT molecular complexity index is 311. The molecule has 0 aromatic carbocycles. The first-order chi connectivity index (χ1) is 7.74. The van der Waals surface area contributed by atoms with Gasteiger partial charge < -0.3 is 0 Å². The van der Waals surface area contributed by atoms with E-state index in [0.29, 0.717) is 5.92 Å². The minimum absolute atomic E-state index is 0.693. The Kier molecular flexibility index (Phi) is 3.98. The maximum absolute atomic E-state index is 4.79. The Labute approximate surface area is 99.4 Å². The molecule has 0 heterocycles. The minimum Gasteiger partial charge on any atom is -0.293 e. The quantitative estimate of drug-likeness (QED) is 0.616. The van der Waals surface area contributed by atoms with Crippen LogP contribution in [0.15, 0.2) is 29.3 Å². The van der Waals surface area contributed by atoms with E-state index in [4.69, 9.17) is 4.99 Å². The predicted molar refractivity (Wildman–Crippen MR) is 70.9 cm³/mol. The molecule has 0 amide bonds. The van der Waals surface area contributed by atoms with E-state index in [1.54, 1.807) is 0 Å². The van der Waals surface area contributed by atoms with Crippen molar-refractivity contribution in [1.82, 2.24) is 0 Å². The monoisotopic (exact) mass is 217 g/mol. The van der Waals surface area contributed by atoms with Crippen molar-refractivity contribution >= 4 is 5.71 Å². The molecule has 0 bridgehead atoms. The SMILES string of the molecule is C=C1CCCC(=NCC2C=CC(C)CC2)C1. The fraction of sp³-hybridized carbons (Fsp3) is 0.667. The first kappa shape index (κ1) is 11.6. The largest absolute Gasteiger partial charge is 0.293 e. The summed E-state index contributed by atoms with van der Waals surface area (Å²) in [7, 11) is 0. The van der Waals surface area contributed by atoms with E-state index in [1.165, 1.54) is 43.4 Å². The maximum Gasteiger partial charge on any atom is 0.0451 e. The van der Waals surface area contributed by atoms with Crippen LogP contribution in [0.1, 0.15) is 45.4 Å². The maximum atomic E-state index is 4.79. The smallest absolute Gasteiger partial charge is 0.0451 e. The lowest BCUT2D eigenvalue weighted by atomic mass is 9.89. The number of allylic oxidation sites excluding steroid dienone is 2. The second-order valence-electron chi connectivity index (χ2n) is 5.39. The Morgan fingerprint density at radius 2 is 2.19 bits per heavy atom. The Morgan fingerprint density at radius 1 is 1.31 bits per heavy atom. The second kappa shape index (κ2) is 5.47. The van der Waals surface area contributed by atoms with Gasteiger partial charge in [0.25, 0.3) is 0 Å². The molecule has 0 N–H and O–H groups in total. The molecule has 0 radical (unpaired) electrons. The van der Waals surface area contributed by atoms with Gasteiger partial charge in [-0.15, -0.1) is 0 Å². The molecule has 2 aliphatic carbocycles. The highest BCUT2D eigenvalue weighted by Crippen LogP contribution is 2.23. The van der Waals surface area contributed by atoms with Crippen molar-refractivity contribution in [2.45, 2.75) is 45.4 Å². The van der Waals surface area contributed by atoms with E-state index < -0.39 is 0 Å². The van der Waals surface area contributed by atoms with Gasteiger partial charge in [-0.25, -0.2) is 0 Å². The van der Waals surface area contributed by atoms with Gasteiger partial charge >= 0.3 is 0 Å². The number of aliphatic imine (C=N–C) groups is 1. The molecule has 1 saturated carbocycles. The molecule has 0 aromatic heterocycles. The highest BCUT2D eigenvalue weighted by Gasteiger charge is 2.13. The van der Waals surface area contributed by atoms with Gasteiger partial charge in [0.15, 0.2) is 0 Å². The van der Waals surface area contributed by atoms with Crippen molar-refractivity contribution < 1.29 is 0 Å². The molecule has 0 aromatic rings. The van der Waals surface area contributed by atoms with Crippen molar-refractivity contribution in [3.8, 4) is 0 Å². The normalized spacial score (nSPS) is 33.3. The summed E-state index contributed by atoms with van der Waals surface area (Å²) in [5, 5.41) is 0. The van der Waals surface area contributed by atoms with Crippen molar-refractivity contribution in [3.05, 3.63) is 24.3 Å². The first-order valence-electron chi connectivity index (χ1n) is 6.61.